The number of fused-ring (bicyclic) bond motifs is 2. The van der Waals surface area contributed by atoms with Crippen LogP contribution in [0, 0.1) is 0 Å². The van der Waals surface area contributed by atoms with Gasteiger partial charge < -0.3 is 5.32 Å². The van der Waals surface area contributed by atoms with Crippen molar-refractivity contribution >= 4 is 11.5 Å². The zero-order chi connectivity index (χ0) is 18.2. The van der Waals surface area contributed by atoms with Crippen LogP contribution in [0.1, 0.15) is 30.2 Å². The molecule has 2 aromatic carbocycles. The van der Waals surface area contributed by atoms with Crippen molar-refractivity contribution in [3.63, 3.8) is 0 Å². The summed E-state index contributed by atoms with van der Waals surface area (Å²) in [4.78, 5) is 14.4. The van der Waals surface area contributed by atoms with Gasteiger partial charge in [0.15, 0.2) is 5.82 Å². The van der Waals surface area contributed by atoms with E-state index in [1.165, 1.54) is 5.57 Å². The van der Waals surface area contributed by atoms with Crippen molar-refractivity contribution in [2.75, 3.05) is 0 Å². The number of rotatable bonds is 2. The Kier molecular flexibility index (Phi) is 3.82. The van der Waals surface area contributed by atoms with Crippen molar-refractivity contribution in [2.45, 2.75) is 25.8 Å². The molecule has 2 aliphatic rings. The number of amidine groups is 1. The Bertz CT molecular complexity index is 1050. The van der Waals surface area contributed by atoms with Gasteiger partial charge in [0.05, 0.1) is 17.4 Å². The molecule has 1 aliphatic carbocycles. The molecule has 0 radical (unpaired) electrons. The highest BCUT2D eigenvalue weighted by atomic mass is 15.1. The van der Waals surface area contributed by atoms with Crippen molar-refractivity contribution in [2.24, 2.45) is 4.99 Å². The van der Waals surface area contributed by atoms with E-state index < -0.39 is 0 Å². The predicted molar refractivity (Wildman–Crippen MR) is 108 cm³/mol. The van der Waals surface area contributed by atoms with Gasteiger partial charge in [-0.1, -0.05) is 60.7 Å². The third-order valence-corrected chi connectivity index (χ3v) is 5.24. The van der Waals surface area contributed by atoms with Crippen LogP contribution < -0.4 is 5.32 Å². The quantitative estimate of drug-likeness (QED) is 0.750. The molecule has 0 saturated heterocycles. The van der Waals surface area contributed by atoms with E-state index in [0.717, 1.165) is 52.6 Å². The summed E-state index contributed by atoms with van der Waals surface area (Å²) in [5, 5.41) is 3.57. The third kappa shape index (κ3) is 2.83. The van der Waals surface area contributed by atoms with Crippen molar-refractivity contribution < 1.29 is 0 Å². The van der Waals surface area contributed by atoms with Gasteiger partial charge in [-0.15, -0.1) is 0 Å². The Hall–Kier alpha value is -3.27. The summed E-state index contributed by atoms with van der Waals surface area (Å²) in [6, 6.07) is 20.6. The minimum atomic E-state index is 0.165. The molecule has 1 atom stereocenters. The summed E-state index contributed by atoms with van der Waals surface area (Å²) in [5.74, 6) is 1.71. The summed E-state index contributed by atoms with van der Waals surface area (Å²) in [7, 11) is 0. The van der Waals surface area contributed by atoms with Gasteiger partial charge in [0, 0.05) is 22.9 Å². The Morgan fingerprint density at radius 2 is 1.59 bits per heavy atom. The number of benzene rings is 2. The molecule has 0 saturated carbocycles. The highest BCUT2D eigenvalue weighted by Crippen LogP contribution is 2.34. The second kappa shape index (κ2) is 6.47. The lowest BCUT2D eigenvalue weighted by atomic mass is 9.88. The maximum absolute atomic E-state index is 4.88. The Morgan fingerprint density at radius 1 is 0.889 bits per heavy atom. The Morgan fingerprint density at radius 3 is 2.33 bits per heavy atom. The van der Waals surface area contributed by atoms with E-state index in [1.54, 1.807) is 0 Å². The molecule has 5 rings (SSSR count). The van der Waals surface area contributed by atoms with Gasteiger partial charge in [0.25, 0.3) is 0 Å². The fourth-order valence-electron chi connectivity index (χ4n) is 3.82. The van der Waals surface area contributed by atoms with Crippen LogP contribution in [-0.2, 0) is 6.42 Å². The molecule has 3 aromatic rings. The molecule has 0 amide bonds. The molecule has 1 aromatic heterocycles. The second-order valence-electron chi connectivity index (χ2n) is 6.96. The fourth-order valence-corrected chi connectivity index (χ4v) is 3.82. The van der Waals surface area contributed by atoms with Gasteiger partial charge in [0.2, 0.25) is 0 Å². The standard InChI is InChI=1S/C23H20N4/c1-15-18-12-13-20-19(14-24-22(26-20)16-8-4-2-5-9-16)21(18)27-23(25-15)17-10-6-3-7-11-17/h2-11,14-15H,12-13H2,1H3,(H,25,27). The van der Waals surface area contributed by atoms with Crippen LogP contribution in [0.25, 0.3) is 17.1 Å². The largest absolute Gasteiger partial charge is 0.339 e. The maximum atomic E-state index is 4.88. The first-order valence-electron chi connectivity index (χ1n) is 9.34. The van der Waals surface area contributed by atoms with Crippen LogP contribution in [-0.4, -0.2) is 21.8 Å². The number of nitrogens with one attached hydrogen (secondary N) is 1. The molecule has 4 heteroatoms. The van der Waals surface area contributed by atoms with Gasteiger partial charge in [0.1, 0.15) is 5.84 Å². The number of aliphatic imine (C=N–C) groups is 1. The van der Waals surface area contributed by atoms with Crippen molar-refractivity contribution in [1.29, 1.82) is 0 Å². The summed E-state index contributed by atoms with van der Waals surface area (Å²) < 4.78 is 0. The van der Waals surface area contributed by atoms with E-state index in [-0.39, 0.29) is 6.04 Å². The zero-order valence-corrected chi connectivity index (χ0v) is 15.2. The van der Waals surface area contributed by atoms with Gasteiger partial charge in [-0.2, -0.15) is 0 Å². The first kappa shape index (κ1) is 15.9. The lowest BCUT2D eigenvalue weighted by Crippen LogP contribution is -2.34. The summed E-state index contributed by atoms with van der Waals surface area (Å²) >= 11 is 0. The molecule has 0 spiro atoms. The molecule has 1 unspecified atom stereocenters. The summed E-state index contributed by atoms with van der Waals surface area (Å²) in [6.07, 6.45) is 3.87. The average Bonchev–Trinajstić information content (AvgIpc) is 2.74. The average molecular weight is 352 g/mol. The van der Waals surface area contributed by atoms with Crippen LogP contribution in [0.3, 0.4) is 0 Å². The van der Waals surface area contributed by atoms with E-state index in [0.29, 0.717) is 0 Å². The summed E-state index contributed by atoms with van der Waals surface area (Å²) in [6.45, 7) is 2.17. The van der Waals surface area contributed by atoms with Gasteiger partial charge in [-0.25, -0.2) is 9.97 Å². The van der Waals surface area contributed by atoms with Gasteiger partial charge >= 0.3 is 0 Å². The second-order valence-corrected chi connectivity index (χ2v) is 6.96. The van der Waals surface area contributed by atoms with Crippen LogP contribution in [0.2, 0.25) is 0 Å². The highest BCUT2D eigenvalue weighted by Gasteiger charge is 2.28. The molecule has 2 heterocycles. The van der Waals surface area contributed by atoms with Crippen molar-refractivity contribution in [1.82, 2.24) is 15.3 Å². The molecule has 132 valence electrons. The molecular weight excluding hydrogens is 332 g/mol. The molecular formula is C23H20N4. The smallest absolute Gasteiger partial charge is 0.159 e. The van der Waals surface area contributed by atoms with E-state index in [1.807, 2.05) is 42.6 Å². The number of hydrogen-bond donors (Lipinski definition) is 1. The fraction of sp³-hybridized carbons (Fsp3) is 0.174. The van der Waals surface area contributed by atoms with E-state index >= 15 is 0 Å². The van der Waals surface area contributed by atoms with Crippen molar-refractivity contribution in [3.05, 3.63) is 89.3 Å². The van der Waals surface area contributed by atoms with Gasteiger partial charge in [-0.05, 0) is 25.3 Å². The Labute approximate surface area is 158 Å². The van der Waals surface area contributed by atoms with Gasteiger partial charge in [-0.3, -0.25) is 4.99 Å². The lowest BCUT2D eigenvalue weighted by Gasteiger charge is -2.30. The van der Waals surface area contributed by atoms with Crippen LogP contribution in [0.15, 0.2) is 77.4 Å². The molecule has 1 aliphatic heterocycles. The SMILES string of the molecule is CC1N=C(c2ccccc2)NC2=C1CCc1nc(-c3ccccc3)ncc12. The minimum Gasteiger partial charge on any atom is -0.339 e. The van der Waals surface area contributed by atoms with E-state index in [2.05, 4.69) is 41.5 Å². The lowest BCUT2D eigenvalue weighted by molar-refractivity contribution is 0.734. The van der Waals surface area contributed by atoms with E-state index in [4.69, 9.17) is 9.98 Å². The number of aryl methyl sites for hydroxylation is 1. The van der Waals surface area contributed by atoms with Crippen LogP contribution in [0.4, 0.5) is 0 Å². The molecule has 0 bridgehead atoms. The Balaban J connectivity index is 1.54. The number of nitrogens with zero attached hydrogens (tertiary/aromatic N) is 3. The molecule has 27 heavy (non-hydrogen) atoms. The normalized spacial score (nSPS) is 18.3. The summed E-state index contributed by atoms with van der Waals surface area (Å²) in [5.41, 5.74) is 6.85. The third-order valence-electron chi connectivity index (χ3n) is 5.24. The highest BCUT2D eigenvalue weighted by molar-refractivity contribution is 6.05. The topological polar surface area (TPSA) is 50.2 Å². The van der Waals surface area contributed by atoms with Crippen LogP contribution >= 0.6 is 0 Å². The first-order chi connectivity index (χ1) is 13.3. The molecule has 1 N–H and O–H groups in total. The number of aromatic nitrogens is 2. The number of hydrogen-bond acceptors (Lipinski definition) is 4. The minimum absolute atomic E-state index is 0.165. The van der Waals surface area contributed by atoms with E-state index in [9.17, 15) is 0 Å². The molecule has 4 nitrogen and oxygen atoms in total. The predicted octanol–water partition coefficient (Wildman–Crippen LogP) is 4.24. The van der Waals surface area contributed by atoms with Crippen molar-refractivity contribution in [3.8, 4) is 11.4 Å². The molecule has 0 fully saturated rings. The van der Waals surface area contributed by atoms with Crippen LogP contribution in [0.5, 0.6) is 0 Å². The zero-order valence-electron chi connectivity index (χ0n) is 15.2. The maximum Gasteiger partial charge on any atom is 0.159 e. The first-order valence-corrected chi connectivity index (χ1v) is 9.34. The monoisotopic (exact) mass is 352 g/mol.